The van der Waals surface area contributed by atoms with Gasteiger partial charge in [0.05, 0.1) is 12.0 Å². The van der Waals surface area contributed by atoms with E-state index in [1.54, 1.807) is 6.92 Å². The van der Waals surface area contributed by atoms with Crippen LogP contribution in [0.1, 0.15) is 32.8 Å². The molecule has 9 heteroatoms. The first kappa shape index (κ1) is 25.6. The van der Waals surface area contributed by atoms with Gasteiger partial charge in [-0.15, -0.1) is 0 Å². The van der Waals surface area contributed by atoms with Gasteiger partial charge in [-0.25, -0.2) is 0 Å². The Labute approximate surface area is 193 Å². The van der Waals surface area contributed by atoms with Crippen LogP contribution in [-0.4, -0.2) is 54.0 Å². The second kappa shape index (κ2) is 12.4. The Balaban J connectivity index is 2.13. The number of amides is 2. The molecule has 0 unspecified atom stereocenters. The second-order valence-electron chi connectivity index (χ2n) is 7.70. The molecule has 2 aromatic carbocycles. The molecule has 0 saturated heterocycles. The van der Waals surface area contributed by atoms with E-state index in [9.17, 15) is 19.7 Å². The SMILES string of the molecule is CC[C@@H](C)NC(=O)[C@@H](C)N(CCc1ccccc1)C(=O)COc1ccc([N+](=O)[O-])c(OC)c1. The van der Waals surface area contributed by atoms with Crippen LogP contribution in [0, 0.1) is 10.1 Å². The van der Waals surface area contributed by atoms with E-state index in [2.05, 4.69) is 5.32 Å². The van der Waals surface area contributed by atoms with Crippen molar-refractivity contribution in [2.45, 2.75) is 45.7 Å². The number of nitrogens with one attached hydrogen (secondary N) is 1. The van der Waals surface area contributed by atoms with Gasteiger partial charge in [-0.2, -0.15) is 0 Å². The van der Waals surface area contributed by atoms with Crippen molar-refractivity contribution in [3.05, 3.63) is 64.2 Å². The minimum atomic E-state index is -0.690. The van der Waals surface area contributed by atoms with Gasteiger partial charge in [-0.1, -0.05) is 37.3 Å². The molecule has 0 aromatic heterocycles. The Morgan fingerprint density at radius 1 is 1.15 bits per heavy atom. The molecule has 2 amide bonds. The highest BCUT2D eigenvalue weighted by atomic mass is 16.6. The zero-order valence-corrected chi connectivity index (χ0v) is 19.4. The molecule has 9 nitrogen and oxygen atoms in total. The minimum Gasteiger partial charge on any atom is -0.490 e. The number of hydrogen-bond donors (Lipinski definition) is 1. The third kappa shape index (κ3) is 7.48. The summed E-state index contributed by atoms with van der Waals surface area (Å²) in [5.74, 6) is -0.310. The van der Waals surface area contributed by atoms with Crippen LogP contribution >= 0.6 is 0 Å². The molecule has 0 aliphatic heterocycles. The van der Waals surface area contributed by atoms with Crippen LogP contribution in [0.2, 0.25) is 0 Å². The zero-order chi connectivity index (χ0) is 24.4. The van der Waals surface area contributed by atoms with Crippen molar-refractivity contribution < 1.29 is 24.0 Å². The fourth-order valence-corrected chi connectivity index (χ4v) is 3.16. The van der Waals surface area contributed by atoms with Crippen molar-refractivity contribution in [2.24, 2.45) is 0 Å². The maximum Gasteiger partial charge on any atom is 0.311 e. The van der Waals surface area contributed by atoms with E-state index in [4.69, 9.17) is 9.47 Å². The highest BCUT2D eigenvalue weighted by Gasteiger charge is 2.27. The van der Waals surface area contributed by atoms with Crippen molar-refractivity contribution in [3.8, 4) is 11.5 Å². The zero-order valence-electron chi connectivity index (χ0n) is 19.4. The van der Waals surface area contributed by atoms with Crippen LogP contribution in [0.25, 0.3) is 0 Å². The summed E-state index contributed by atoms with van der Waals surface area (Å²) < 4.78 is 10.6. The third-order valence-electron chi connectivity index (χ3n) is 5.36. The summed E-state index contributed by atoms with van der Waals surface area (Å²) >= 11 is 0. The van der Waals surface area contributed by atoms with Crippen molar-refractivity contribution >= 4 is 17.5 Å². The smallest absolute Gasteiger partial charge is 0.311 e. The number of benzene rings is 2. The molecule has 0 heterocycles. The molecule has 2 aromatic rings. The number of carbonyl (C=O) groups excluding carboxylic acids is 2. The summed E-state index contributed by atoms with van der Waals surface area (Å²) in [4.78, 5) is 37.7. The van der Waals surface area contributed by atoms with E-state index in [1.807, 2.05) is 44.2 Å². The van der Waals surface area contributed by atoms with E-state index in [0.29, 0.717) is 13.0 Å². The molecule has 178 valence electrons. The van der Waals surface area contributed by atoms with Crippen molar-refractivity contribution in [3.63, 3.8) is 0 Å². The molecule has 0 aliphatic carbocycles. The number of methoxy groups -OCH3 is 1. The largest absolute Gasteiger partial charge is 0.490 e. The van der Waals surface area contributed by atoms with Crippen LogP contribution in [0.3, 0.4) is 0 Å². The van der Waals surface area contributed by atoms with Crippen molar-refractivity contribution in [2.75, 3.05) is 20.3 Å². The van der Waals surface area contributed by atoms with E-state index in [0.717, 1.165) is 12.0 Å². The Bertz CT molecular complexity index is 950. The van der Waals surface area contributed by atoms with Gasteiger partial charge < -0.3 is 19.7 Å². The van der Waals surface area contributed by atoms with Crippen molar-refractivity contribution in [1.82, 2.24) is 10.2 Å². The molecule has 0 aliphatic rings. The standard InChI is InChI=1S/C24H31N3O6/c1-5-17(2)25-24(29)18(3)26(14-13-19-9-7-6-8-10-19)23(28)16-33-20-11-12-21(27(30)31)22(15-20)32-4/h6-12,15,17-18H,5,13-14,16H2,1-4H3,(H,25,29)/t17-,18-/m1/s1. The average Bonchev–Trinajstić information content (AvgIpc) is 2.82. The number of nitro groups is 1. The first-order chi connectivity index (χ1) is 15.8. The maximum absolute atomic E-state index is 13.1. The lowest BCUT2D eigenvalue weighted by molar-refractivity contribution is -0.385. The highest BCUT2D eigenvalue weighted by Crippen LogP contribution is 2.30. The van der Waals surface area contributed by atoms with Gasteiger partial charge in [0.1, 0.15) is 11.8 Å². The fourth-order valence-electron chi connectivity index (χ4n) is 3.16. The Kier molecular flexibility index (Phi) is 9.65. The molecule has 1 N–H and O–H groups in total. The summed E-state index contributed by atoms with van der Waals surface area (Å²) in [6.07, 6.45) is 1.36. The second-order valence-corrected chi connectivity index (χ2v) is 7.70. The van der Waals surface area contributed by atoms with Crippen LogP contribution in [-0.2, 0) is 16.0 Å². The van der Waals surface area contributed by atoms with E-state index in [-0.39, 0.29) is 41.6 Å². The first-order valence-corrected chi connectivity index (χ1v) is 10.9. The van der Waals surface area contributed by atoms with E-state index < -0.39 is 11.0 Å². The van der Waals surface area contributed by atoms with Gasteiger partial charge in [0, 0.05) is 24.7 Å². The molecule has 0 spiro atoms. The van der Waals surface area contributed by atoms with E-state index >= 15 is 0 Å². The highest BCUT2D eigenvalue weighted by molar-refractivity contribution is 5.88. The normalized spacial score (nSPS) is 12.4. The number of ether oxygens (including phenoxy) is 2. The molecule has 33 heavy (non-hydrogen) atoms. The van der Waals surface area contributed by atoms with E-state index in [1.165, 1.54) is 30.2 Å². The summed E-state index contributed by atoms with van der Waals surface area (Å²) in [6.45, 7) is 5.59. The molecule has 0 bridgehead atoms. The molecule has 0 fully saturated rings. The molecule has 0 radical (unpaired) electrons. The molecular formula is C24H31N3O6. The monoisotopic (exact) mass is 457 g/mol. The first-order valence-electron chi connectivity index (χ1n) is 10.9. The number of rotatable bonds is 12. The minimum absolute atomic E-state index is 0.00477. The maximum atomic E-state index is 13.1. The number of nitrogens with zero attached hydrogens (tertiary/aromatic N) is 2. The lowest BCUT2D eigenvalue weighted by Crippen LogP contribution is -2.51. The Morgan fingerprint density at radius 3 is 2.45 bits per heavy atom. The quantitative estimate of drug-likeness (QED) is 0.386. The van der Waals surface area contributed by atoms with Crippen LogP contribution < -0.4 is 14.8 Å². The van der Waals surface area contributed by atoms with Gasteiger partial charge in [-0.3, -0.25) is 19.7 Å². The topological polar surface area (TPSA) is 111 Å². The Morgan fingerprint density at radius 2 is 1.85 bits per heavy atom. The van der Waals surface area contributed by atoms with Gasteiger partial charge in [-0.05, 0) is 38.3 Å². The summed E-state index contributed by atoms with van der Waals surface area (Å²) in [6, 6.07) is 13.0. The predicted molar refractivity (Wildman–Crippen MR) is 124 cm³/mol. The molecule has 2 atom stereocenters. The predicted octanol–water partition coefficient (Wildman–Crippen LogP) is 3.36. The molecule has 2 rings (SSSR count). The summed E-state index contributed by atoms with van der Waals surface area (Å²) in [5.41, 5.74) is 0.849. The number of nitro benzene ring substituents is 1. The van der Waals surface area contributed by atoms with Crippen LogP contribution in [0.5, 0.6) is 11.5 Å². The van der Waals surface area contributed by atoms with Crippen LogP contribution in [0.4, 0.5) is 5.69 Å². The lowest BCUT2D eigenvalue weighted by Gasteiger charge is -2.29. The fraction of sp³-hybridized carbons (Fsp3) is 0.417. The van der Waals surface area contributed by atoms with Crippen LogP contribution in [0.15, 0.2) is 48.5 Å². The van der Waals surface area contributed by atoms with Gasteiger partial charge >= 0.3 is 5.69 Å². The molecule has 0 saturated carbocycles. The molecular weight excluding hydrogens is 426 g/mol. The Hall–Kier alpha value is -3.62. The van der Waals surface area contributed by atoms with Crippen molar-refractivity contribution in [1.29, 1.82) is 0 Å². The summed E-state index contributed by atoms with van der Waals surface area (Å²) in [7, 11) is 1.32. The third-order valence-corrected chi connectivity index (χ3v) is 5.36. The number of carbonyl (C=O) groups is 2. The number of hydrogen-bond acceptors (Lipinski definition) is 6. The van der Waals surface area contributed by atoms with Gasteiger partial charge in [0.15, 0.2) is 6.61 Å². The van der Waals surface area contributed by atoms with Gasteiger partial charge in [0.25, 0.3) is 5.91 Å². The average molecular weight is 458 g/mol. The summed E-state index contributed by atoms with van der Waals surface area (Å²) in [5, 5.41) is 14.0. The lowest BCUT2D eigenvalue weighted by atomic mass is 10.1. The van der Waals surface area contributed by atoms with Gasteiger partial charge in [0.2, 0.25) is 11.7 Å².